The molecule has 7 nitrogen and oxygen atoms in total. The van der Waals surface area contributed by atoms with Gasteiger partial charge < -0.3 is 9.47 Å². The van der Waals surface area contributed by atoms with E-state index >= 15 is 0 Å². The van der Waals surface area contributed by atoms with Gasteiger partial charge in [0.25, 0.3) is 0 Å². The fourth-order valence-corrected chi connectivity index (χ4v) is 4.97. The number of hydrogen-bond donors (Lipinski definition) is 2. The van der Waals surface area contributed by atoms with E-state index in [2.05, 4.69) is 31.5 Å². The number of rotatable bonds is 4. The lowest BCUT2D eigenvalue weighted by atomic mass is 10.1. The van der Waals surface area contributed by atoms with Gasteiger partial charge in [-0.05, 0) is 31.4 Å². The molecular formula is C19H22N6OS. The van der Waals surface area contributed by atoms with Gasteiger partial charge in [0.2, 0.25) is 5.91 Å². The van der Waals surface area contributed by atoms with E-state index in [0.717, 1.165) is 48.4 Å². The topological polar surface area (TPSA) is 75.1 Å². The number of thiazole rings is 1. The molecular weight excluding hydrogens is 360 g/mol. The maximum absolute atomic E-state index is 13.1. The molecule has 1 aromatic carbocycles. The maximum Gasteiger partial charge on any atom is 0.241 e. The highest BCUT2D eigenvalue weighted by Crippen LogP contribution is 2.34. The van der Waals surface area contributed by atoms with Gasteiger partial charge in [-0.2, -0.15) is 0 Å². The molecule has 3 unspecified atom stereocenters. The SMILES string of the molecule is O=C(C1CC(Cn2cnc3ccccc32)NN1)N1CCCC1c1nccs1. The molecule has 0 radical (unpaired) electrons. The Bertz CT molecular complexity index is 939. The molecule has 0 bridgehead atoms. The summed E-state index contributed by atoms with van der Waals surface area (Å²) in [5.74, 6) is 0.179. The molecule has 2 N–H and O–H groups in total. The number of benzene rings is 1. The minimum Gasteiger partial charge on any atom is -0.332 e. The van der Waals surface area contributed by atoms with Crippen LogP contribution in [0.25, 0.3) is 11.0 Å². The average molecular weight is 382 g/mol. The Morgan fingerprint density at radius 1 is 1.26 bits per heavy atom. The standard InChI is InChI=1S/C19H22N6OS/c26-19(25-8-3-6-17(25)18-20-7-9-27-18)15-10-13(22-23-15)11-24-12-21-14-4-1-2-5-16(14)24/h1-2,4-5,7,9,12-13,15,17,22-23H,3,6,8,10-11H2. The summed E-state index contributed by atoms with van der Waals surface area (Å²) in [6.45, 7) is 1.60. The summed E-state index contributed by atoms with van der Waals surface area (Å²) >= 11 is 1.64. The molecule has 5 rings (SSSR count). The van der Waals surface area contributed by atoms with Crippen molar-refractivity contribution < 1.29 is 4.79 Å². The van der Waals surface area contributed by atoms with Crippen LogP contribution < -0.4 is 10.9 Å². The monoisotopic (exact) mass is 382 g/mol. The molecule has 0 aliphatic carbocycles. The lowest BCUT2D eigenvalue weighted by molar-refractivity contribution is -0.134. The third-order valence-corrected chi connectivity index (χ3v) is 6.37. The molecule has 140 valence electrons. The van der Waals surface area contributed by atoms with Crippen molar-refractivity contribution in [3.63, 3.8) is 0 Å². The number of nitrogens with zero attached hydrogens (tertiary/aromatic N) is 4. The Hall–Kier alpha value is -2.29. The van der Waals surface area contributed by atoms with Crippen molar-refractivity contribution in [1.29, 1.82) is 0 Å². The Morgan fingerprint density at radius 2 is 2.19 bits per heavy atom. The summed E-state index contributed by atoms with van der Waals surface area (Å²) in [5, 5.41) is 3.03. The number of amides is 1. The lowest BCUT2D eigenvalue weighted by Crippen LogP contribution is -2.45. The molecule has 2 aliphatic heterocycles. The Labute approximate surface area is 161 Å². The Morgan fingerprint density at radius 3 is 3.07 bits per heavy atom. The number of carbonyl (C=O) groups is 1. The van der Waals surface area contributed by atoms with Crippen LogP contribution in [0.1, 0.15) is 30.3 Å². The normalized spacial score (nSPS) is 25.5. The predicted molar refractivity (Wildman–Crippen MR) is 104 cm³/mol. The van der Waals surface area contributed by atoms with Crippen LogP contribution >= 0.6 is 11.3 Å². The van der Waals surface area contributed by atoms with Crippen LogP contribution in [0.5, 0.6) is 0 Å². The van der Waals surface area contributed by atoms with Crippen molar-refractivity contribution in [1.82, 2.24) is 30.3 Å². The smallest absolute Gasteiger partial charge is 0.241 e. The Kier molecular flexibility index (Phi) is 4.39. The van der Waals surface area contributed by atoms with Gasteiger partial charge in [-0.3, -0.25) is 10.2 Å². The Balaban J connectivity index is 1.26. The minimum absolute atomic E-state index is 0.135. The van der Waals surface area contributed by atoms with Crippen molar-refractivity contribution in [3.8, 4) is 0 Å². The lowest BCUT2D eigenvalue weighted by Gasteiger charge is -2.25. The molecule has 0 saturated carbocycles. The highest BCUT2D eigenvalue weighted by atomic mass is 32.1. The molecule has 3 aromatic rings. The van der Waals surface area contributed by atoms with Gasteiger partial charge in [0.15, 0.2) is 0 Å². The van der Waals surface area contributed by atoms with E-state index in [0.29, 0.717) is 0 Å². The van der Waals surface area contributed by atoms with Gasteiger partial charge in [-0.15, -0.1) is 11.3 Å². The second-order valence-corrected chi connectivity index (χ2v) is 8.15. The molecule has 27 heavy (non-hydrogen) atoms. The molecule has 1 amide bonds. The van der Waals surface area contributed by atoms with Crippen LogP contribution in [-0.2, 0) is 11.3 Å². The van der Waals surface area contributed by atoms with Crippen molar-refractivity contribution in [3.05, 3.63) is 47.2 Å². The number of para-hydroxylation sites is 2. The first-order chi connectivity index (χ1) is 13.3. The fourth-order valence-electron chi connectivity index (χ4n) is 4.18. The predicted octanol–water partition coefficient (Wildman–Crippen LogP) is 2.09. The first-order valence-electron chi connectivity index (χ1n) is 9.40. The molecule has 0 spiro atoms. The number of carbonyl (C=O) groups excluding carboxylic acids is 1. The van der Waals surface area contributed by atoms with E-state index in [4.69, 9.17) is 0 Å². The van der Waals surface area contributed by atoms with E-state index in [1.165, 1.54) is 0 Å². The summed E-state index contributed by atoms with van der Waals surface area (Å²) in [6, 6.07) is 8.26. The summed E-state index contributed by atoms with van der Waals surface area (Å²) in [6.07, 6.45) is 6.51. The summed E-state index contributed by atoms with van der Waals surface area (Å²) < 4.78 is 2.15. The number of hydrazine groups is 1. The number of nitrogens with one attached hydrogen (secondary N) is 2. The largest absolute Gasteiger partial charge is 0.332 e. The van der Waals surface area contributed by atoms with Gasteiger partial charge in [0, 0.05) is 30.7 Å². The van der Waals surface area contributed by atoms with E-state index in [1.54, 1.807) is 11.3 Å². The van der Waals surface area contributed by atoms with Crippen LogP contribution in [0, 0.1) is 0 Å². The van der Waals surface area contributed by atoms with Crippen LogP contribution in [0.4, 0.5) is 0 Å². The molecule has 2 saturated heterocycles. The number of hydrogen-bond acceptors (Lipinski definition) is 6. The number of aromatic nitrogens is 3. The maximum atomic E-state index is 13.1. The fraction of sp³-hybridized carbons (Fsp3) is 0.421. The highest BCUT2D eigenvalue weighted by molar-refractivity contribution is 7.09. The minimum atomic E-state index is -0.189. The second-order valence-electron chi connectivity index (χ2n) is 7.22. The van der Waals surface area contributed by atoms with Gasteiger partial charge in [0.05, 0.1) is 23.4 Å². The summed E-state index contributed by atoms with van der Waals surface area (Å²) in [4.78, 5) is 24.0. The van der Waals surface area contributed by atoms with Crippen molar-refractivity contribution >= 4 is 28.3 Å². The number of imidazole rings is 1. The van der Waals surface area contributed by atoms with E-state index in [-0.39, 0.29) is 24.0 Å². The first kappa shape index (κ1) is 16.9. The summed E-state index contributed by atoms with van der Waals surface area (Å²) in [7, 11) is 0. The quantitative estimate of drug-likeness (QED) is 0.723. The van der Waals surface area contributed by atoms with Crippen LogP contribution in [0.2, 0.25) is 0 Å². The van der Waals surface area contributed by atoms with Gasteiger partial charge in [-0.1, -0.05) is 12.1 Å². The van der Waals surface area contributed by atoms with Gasteiger partial charge in [0.1, 0.15) is 11.0 Å². The molecule has 8 heteroatoms. The van der Waals surface area contributed by atoms with E-state index < -0.39 is 0 Å². The molecule has 2 aromatic heterocycles. The number of fused-ring (bicyclic) bond motifs is 1. The van der Waals surface area contributed by atoms with Crippen molar-refractivity contribution in [2.24, 2.45) is 0 Å². The van der Waals surface area contributed by atoms with Crippen LogP contribution in [-0.4, -0.2) is 44.0 Å². The van der Waals surface area contributed by atoms with Gasteiger partial charge >= 0.3 is 0 Å². The van der Waals surface area contributed by atoms with Crippen LogP contribution in [0.15, 0.2) is 42.2 Å². The van der Waals surface area contributed by atoms with E-state index in [1.807, 2.05) is 41.0 Å². The molecule has 3 atom stereocenters. The molecule has 2 aliphatic rings. The molecule has 4 heterocycles. The third-order valence-electron chi connectivity index (χ3n) is 5.50. The van der Waals surface area contributed by atoms with Crippen LogP contribution in [0.3, 0.4) is 0 Å². The second kappa shape index (κ2) is 7.03. The van der Waals surface area contributed by atoms with Crippen molar-refractivity contribution in [2.45, 2.75) is 43.9 Å². The van der Waals surface area contributed by atoms with Crippen molar-refractivity contribution in [2.75, 3.05) is 6.54 Å². The zero-order valence-electron chi connectivity index (χ0n) is 14.9. The zero-order chi connectivity index (χ0) is 18.2. The third kappa shape index (κ3) is 3.13. The zero-order valence-corrected chi connectivity index (χ0v) is 15.7. The first-order valence-corrected chi connectivity index (χ1v) is 10.3. The average Bonchev–Trinajstić information content (AvgIpc) is 3.47. The summed E-state index contributed by atoms with van der Waals surface area (Å²) in [5.41, 5.74) is 8.64. The van der Waals surface area contributed by atoms with E-state index in [9.17, 15) is 4.79 Å². The number of likely N-dealkylation sites (tertiary alicyclic amines) is 1. The van der Waals surface area contributed by atoms with Gasteiger partial charge in [-0.25, -0.2) is 15.4 Å². The highest BCUT2D eigenvalue weighted by Gasteiger charge is 2.38. The molecule has 2 fully saturated rings.